The fraction of sp³-hybridized carbons (Fsp3) is 0.536. The van der Waals surface area contributed by atoms with Crippen molar-refractivity contribution in [2.24, 2.45) is 11.8 Å². The molecule has 37 heavy (non-hydrogen) atoms. The highest BCUT2D eigenvalue weighted by atomic mass is 79.9. The highest BCUT2D eigenvalue weighted by Gasteiger charge is 2.41. The van der Waals surface area contributed by atoms with Crippen LogP contribution in [-0.2, 0) is 22.4 Å². The van der Waals surface area contributed by atoms with Gasteiger partial charge in [0, 0.05) is 59.9 Å². The number of fused-ring (bicyclic) bond motifs is 2. The SMILES string of the molecule is CC(=O)N1CCC(CC(=O)N2CCC([C@@H]3c4c(Cl)cc(Cl)cc4CCc4cc(Br)c[n+](O)c43)CC2)CC1. The highest BCUT2D eigenvalue weighted by Crippen LogP contribution is 2.45. The Hall–Kier alpha value is -1.83. The van der Waals surface area contributed by atoms with E-state index in [0.29, 0.717) is 35.5 Å². The normalized spacial score (nSPS) is 20.8. The van der Waals surface area contributed by atoms with Crippen molar-refractivity contribution < 1.29 is 19.5 Å². The molecular weight excluding hydrogens is 577 g/mol. The van der Waals surface area contributed by atoms with Crippen molar-refractivity contribution in [3.63, 3.8) is 0 Å². The number of halogens is 3. The van der Waals surface area contributed by atoms with Crippen molar-refractivity contribution >= 4 is 50.9 Å². The van der Waals surface area contributed by atoms with Crippen LogP contribution in [0.4, 0.5) is 0 Å². The van der Waals surface area contributed by atoms with Crippen LogP contribution in [0.3, 0.4) is 0 Å². The van der Waals surface area contributed by atoms with E-state index in [1.54, 1.807) is 19.2 Å². The lowest BCUT2D eigenvalue weighted by Crippen LogP contribution is -2.44. The second-order valence-electron chi connectivity index (χ2n) is 10.7. The Bertz CT molecular complexity index is 1150. The molecule has 3 heterocycles. The van der Waals surface area contributed by atoms with E-state index in [2.05, 4.69) is 22.0 Å². The Morgan fingerprint density at radius 1 is 1.00 bits per heavy atom. The first-order chi connectivity index (χ1) is 17.7. The van der Waals surface area contributed by atoms with Crippen LogP contribution >= 0.6 is 39.1 Å². The van der Waals surface area contributed by atoms with E-state index in [0.717, 1.165) is 78.5 Å². The summed E-state index contributed by atoms with van der Waals surface area (Å²) < 4.78 is 2.09. The van der Waals surface area contributed by atoms with Gasteiger partial charge in [-0.05, 0) is 95.6 Å². The minimum atomic E-state index is -0.0801. The predicted molar refractivity (Wildman–Crippen MR) is 146 cm³/mol. The molecule has 6 nitrogen and oxygen atoms in total. The van der Waals surface area contributed by atoms with Gasteiger partial charge < -0.3 is 9.80 Å². The number of carbonyl (C=O) groups is 2. The maximum absolute atomic E-state index is 13.2. The van der Waals surface area contributed by atoms with E-state index >= 15 is 0 Å². The number of hydrogen-bond acceptors (Lipinski definition) is 3. The summed E-state index contributed by atoms with van der Waals surface area (Å²) in [5.41, 5.74) is 4.16. The van der Waals surface area contributed by atoms with Gasteiger partial charge in [0.1, 0.15) is 0 Å². The summed E-state index contributed by atoms with van der Waals surface area (Å²) in [5, 5.41) is 12.3. The van der Waals surface area contributed by atoms with E-state index in [-0.39, 0.29) is 23.7 Å². The van der Waals surface area contributed by atoms with Crippen molar-refractivity contribution in [1.29, 1.82) is 0 Å². The van der Waals surface area contributed by atoms with Crippen LogP contribution in [0.1, 0.15) is 67.3 Å². The van der Waals surface area contributed by atoms with Crippen LogP contribution in [0.15, 0.2) is 28.9 Å². The number of pyridine rings is 1. The van der Waals surface area contributed by atoms with Gasteiger partial charge in [-0.15, -0.1) is 0 Å². The molecule has 0 bridgehead atoms. The molecule has 3 aliphatic rings. The molecule has 2 aliphatic heterocycles. The third kappa shape index (κ3) is 5.64. The molecule has 1 N–H and O–H groups in total. The lowest BCUT2D eigenvalue weighted by atomic mass is 9.76. The zero-order valence-corrected chi connectivity index (χ0v) is 24.2. The van der Waals surface area contributed by atoms with Crippen LogP contribution in [0.5, 0.6) is 0 Å². The summed E-state index contributed by atoms with van der Waals surface area (Å²) in [4.78, 5) is 28.6. The number of benzene rings is 1. The molecule has 1 aromatic carbocycles. The highest BCUT2D eigenvalue weighted by molar-refractivity contribution is 9.10. The molecule has 0 spiro atoms. The summed E-state index contributed by atoms with van der Waals surface area (Å²) >= 11 is 16.7. The van der Waals surface area contributed by atoms with E-state index in [1.807, 2.05) is 15.9 Å². The Morgan fingerprint density at radius 2 is 1.65 bits per heavy atom. The molecule has 2 fully saturated rings. The number of aromatic nitrogens is 1. The molecular formula is C28H33BrCl2N3O3+. The van der Waals surface area contributed by atoms with Gasteiger partial charge in [0.25, 0.3) is 0 Å². The molecule has 2 amide bonds. The smallest absolute Gasteiger partial charge is 0.245 e. The standard InChI is InChI=1S/C28H33BrCl2N3O3/c1-17(35)32-8-4-18(5-9-32)12-25(36)33-10-6-19(7-11-33)27-26-20(14-23(30)15-24(26)31)2-3-21-13-22(29)16-34(37)28(21)27/h13-16,18-19,27,37H,2-12H2,1H3/q+1/t27-/m1/s1. The fourth-order valence-electron chi connectivity index (χ4n) is 6.52. The number of aryl methyl sites for hydroxylation is 2. The monoisotopic (exact) mass is 608 g/mol. The number of hydrogen-bond donors (Lipinski definition) is 1. The molecule has 2 saturated heterocycles. The number of rotatable bonds is 3. The van der Waals surface area contributed by atoms with Crippen LogP contribution < -0.4 is 4.73 Å². The molecule has 0 saturated carbocycles. The number of carbonyl (C=O) groups excluding carboxylic acids is 2. The Balaban J connectivity index is 1.34. The molecule has 0 unspecified atom stereocenters. The first kappa shape index (κ1) is 26.8. The predicted octanol–water partition coefficient (Wildman–Crippen LogP) is 5.40. The quantitative estimate of drug-likeness (QED) is 0.374. The topological polar surface area (TPSA) is 64.7 Å². The largest absolute Gasteiger partial charge is 0.343 e. The van der Waals surface area contributed by atoms with Crippen molar-refractivity contribution in [2.45, 2.75) is 57.8 Å². The molecule has 9 heteroatoms. The van der Waals surface area contributed by atoms with Gasteiger partial charge in [-0.3, -0.25) is 14.8 Å². The van der Waals surface area contributed by atoms with Crippen molar-refractivity contribution in [3.05, 3.63) is 61.3 Å². The molecule has 2 aromatic rings. The molecule has 1 aliphatic carbocycles. The first-order valence-electron chi connectivity index (χ1n) is 13.2. The van der Waals surface area contributed by atoms with Gasteiger partial charge in [-0.25, -0.2) is 0 Å². The van der Waals surface area contributed by atoms with E-state index < -0.39 is 0 Å². The number of amides is 2. The summed E-state index contributed by atoms with van der Waals surface area (Å²) in [6.45, 7) is 4.50. The average molecular weight is 610 g/mol. The van der Waals surface area contributed by atoms with Crippen molar-refractivity contribution in [1.82, 2.24) is 9.80 Å². The van der Waals surface area contributed by atoms with Gasteiger partial charge in [0.15, 0.2) is 0 Å². The molecule has 1 aromatic heterocycles. The van der Waals surface area contributed by atoms with Gasteiger partial charge in [-0.2, -0.15) is 0 Å². The minimum absolute atomic E-state index is 0.0801. The average Bonchev–Trinajstić information content (AvgIpc) is 3.02. The molecule has 1 atom stereocenters. The van der Waals surface area contributed by atoms with Gasteiger partial charge in [-0.1, -0.05) is 23.2 Å². The van der Waals surface area contributed by atoms with Crippen LogP contribution in [0.2, 0.25) is 10.0 Å². The zero-order chi connectivity index (χ0) is 26.3. The third-order valence-electron chi connectivity index (χ3n) is 8.47. The number of nitrogens with zero attached hydrogens (tertiary/aromatic N) is 3. The van der Waals surface area contributed by atoms with E-state index in [9.17, 15) is 14.8 Å². The lowest BCUT2D eigenvalue weighted by molar-refractivity contribution is -0.910. The Morgan fingerprint density at radius 3 is 2.32 bits per heavy atom. The minimum Gasteiger partial charge on any atom is -0.343 e. The van der Waals surface area contributed by atoms with E-state index in [4.69, 9.17) is 23.2 Å². The second kappa shape index (κ2) is 11.1. The molecule has 5 rings (SSSR count). The van der Waals surface area contributed by atoms with Crippen LogP contribution in [0, 0.1) is 11.8 Å². The zero-order valence-electron chi connectivity index (χ0n) is 21.1. The fourth-order valence-corrected chi connectivity index (χ4v) is 7.65. The van der Waals surface area contributed by atoms with Crippen LogP contribution in [-0.4, -0.2) is 53.0 Å². The summed E-state index contributed by atoms with van der Waals surface area (Å²) in [5.74, 6) is 0.830. The first-order valence-corrected chi connectivity index (χ1v) is 14.7. The molecule has 198 valence electrons. The maximum atomic E-state index is 13.2. The number of piperidine rings is 2. The summed E-state index contributed by atoms with van der Waals surface area (Å²) in [6, 6.07) is 5.90. The van der Waals surface area contributed by atoms with Crippen LogP contribution in [0.25, 0.3) is 0 Å². The van der Waals surface area contributed by atoms with Gasteiger partial charge in [0.05, 0.1) is 10.4 Å². The maximum Gasteiger partial charge on any atom is 0.245 e. The van der Waals surface area contributed by atoms with Crippen molar-refractivity contribution in [2.75, 3.05) is 26.2 Å². The Labute approximate surface area is 236 Å². The lowest BCUT2D eigenvalue weighted by Gasteiger charge is -2.37. The summed E-state index contributed by atoms with van der Waals surface area (Å²) in [7, 11) is 0. The number of likely N-dealkylation sites (tertiary alicyclic amines) is 2. The van der Waals surface area contributed by atoms with Gasteiger partial charge in [0.2, 0.25) is 23.7 Å². The summed E-state index contributed by atoms with van der Waals surface area (Å²) in [6.07, 6.45) is 7.30. The van der Waals surface area contributed by atoms with Crippen molar-refractivity contribution in [3.8, 4) is 0 Å². The molecule has 0 radical (unpaired) electrons. The second-order valence-corrected chi connectivity index (χ2v) is 12.5. The third-order valence-corrected chi connectivity index (χ3v) is 9.43. The Kier molecular flexibility index (Phi) is 8.04. The van der Waals surface area contributed by atoms with E-state index in [1.165, 1.54) is 4.73 Å². The van der Waals surface area contributed by atoms with Gasteiger partial charge >= 0.3 is 0 Å².